The van der Waals surface area contributed by atoms with E-state index in [1.54, 1.807) is 7.11 Å². The molecule has 0 bridgehead atoms. The van der Waals surface area contributed by atoms with Gasteiger partial charge in [0.2, 0.25) is 0 Å². The summed E-state index contributed by atoms with van der Waals surface area (Å²) in [6, 6.07) is 6.20. The van der Waals surface area contributed by atoms with Gasteiger partial charge in [0.25, 0.3) is 0 Å². The van der Waals surface area contributed by atoms with Crippen molar-refractivity contribution in [3.8, 4) is 5.75 Å². The second-order valence-electron chi connectivity index (χ2n) is 6.32. The van der Waals surface area contributed by atoms with Gasteiger partial charge in [-0.05, 0) is 48.1 Å². The lowest BCUT2D eigenvalue weighted by Crippen LogP contribution is -2.33. The Hall–Kier alpha value is -0.540. The molecule has 0 saturated heterocycles. The van der Waals surface area contributed by atoms with E-state index in [4.69, 9.17) is 4.74 Å². The van der Waals surface area contributed by atoms with Crippen molar-refractivity contribution < 1.29 is 4.74 Å². The summed E-state index contributed by atoms with van der Waals surface area (Å²) in [6.45, 7) is 11.1. The summed E-state index contributed by atoms with van der Waals surface area (Å²) in [5.74, 6) is 1.66. The lowest BCUT2D eigenvalue weighted by Gasteiger charge is -2.26. The number of benzene rings is 1. The molecule has 0 spiro atoms. The van der Waals surface area contributed by atoms with Crippen molar-refractivity contribution in [3.05, 3.63) is 28.2 Å². The predicted molar refractivity (Wildman–Crippen MR) is 85.9 cm³/mol. The molecule has 0 aliphatic carbocycles. The highest BCUT2D eigenvalue weighted by atomic mass is 79.9. The van der Waals surface area contributed by atoms with Crippen LogP contribution in [0.1, 0.15) is 33.3 Å². The van der Waals surface area contributed by atoms with Crippen LogP contribution in [0.25, 0.3) is 0 Å². The zero-order chi connectivity index (χ0) is 14.5. The first-order valence-corrected chi connectivity index (χ1v) is 7.66. The number of ether oxygens (including phenoxy) is 1. The first kappa shape index (κ1) is 16.5. The molecule has 3 heteroatoms. The average molecular weight is 328 g/mol. The number of hydrogen-bond acceptors (Lipinski definition) is 2. The maximum Gasteiger partial charge on any atom is 0.122 e. The Balaban J connectivity index is 2.68. The Morgan fingerprint density at radius 2 is 2.00 bits per heavy atom. The Morgan fingerprint density at radius 3 is 2.58 bits per heavy atom. The zero-order valence-electron chi connectivity index (χ0n) is 12.7. The molecule has 1 aromatic carbocycles. The highest BCUT2D eigenvalue weighted by molar-refractivity contribution is 9.10. The minimum absolute atomic E-state index is 0.211. The smallest absolute Gasteiger partial charge is 0.122 e. The zero-order valence-corrected chi connectivity index (χ0v) is 14.3. The number of halogens is 1. The summed E-state index contributed by atoms with van der Waals surface area (Å²) in [5.41, 5.74) is 1.47. The van der Waals surface area contributed by atoms with E-state index in [1.807, 2.05) is 12.1 Å². The third-order valence-corrected chi connectivity index (χ3v) is 3.56. The van der Waals surface area contributed by atoms with Gasteiger partial charge >= 0.3 is 0 Å². The Bertz CT molecular complexity index is 402. The van der Waals surface area contributed by atoms with E-state index >= 15 is 0 Å². The van der Waals surface area contributed by atoms with Crippen molar-refractivity contribution in [2.45, 2.75) is 34.1 Å². The summed E-state index contributed by atoms with van der Waals surface area (Å²) in [4.78, 5) is 0. The maximum absolute atomic E-state index is 5.45. The van der Waals surface area contributed by atoms with E-state index in [2.05, 4.69) is 55.0 Å². The van der Waals surface area contributed by atoms with Crippen LogP contribution in [0.15, 0.2) is 22.7 Å². The van der Waals surface area contributed by atoms with Crippen LogP contribution < -0.4 is 10.1 Å². The van der Waals surface area contributed by atoms with E-state index in [0.29, 0.717) is 5.92 Å². The van der Waals surface area contributed by atoms with Gasteiger partial charge in [-0.2, -0.15) is 0 Å². The van der Waals surface area contributed by atoms with Crippen LogP contribution in [0.4, 0.5) is 0 Å². The molecule has 0 aliphatic rings. The van der Waals surface area contributed by atoms with E-state index in [-0.39, 0.29) is 5.41 Å². The first-order valence-electron chi connectivity index (χ1n) is 6.87. The average Bonchev–Trinajstić information content (AvgIpc) is 2.27. The van der Waals surface area contributed by atoms with Crippen molar-refractivity contribution in [3.63, 3.8) is 0 Å². The molecule has 0 fully saturated rings. The molecule has 0 heterocycles. The van der Waals surface area contributed by atoms with Crippen LogP contribution >= 0.6 is 15.9 Å². The topological polar surface area (TPSA) is 21.3 Å². The summed E-state index contributed by atoms with van der Waals surface area (Å²) in [6.07, 6.45) is 1.00. The Morgan fingerprint density at radius 1 is 1.32 bits per heavy atom. The van der Waals surface area contributed by atoms with Crippen LogP contribution in [-0.4, -0.2) is 20.2 Å². The molecule has 0 radical (unpaired) electrons. The van der Waals surface area contributed by atoms with Crippen molar-refractivity contribution >= 4 is 15.9 Å². The normalized spacial score (nSPS) is 11.9. The molecule has 19 heavy (non-hydrogen) atoms. The van der Waals surface area contributed by atoms with Gasteiger partial charge in [-0.25, -0.2) is 0 Å². The van der Waals surface area contributed by atoms with Crippen molar-refractivity contribution in [2.24, 2.45) is 11.3 Å². The van der Waals surface area contributed by atoms with Crippen molar-refractivity contribution in [2.75, 3.05) is 20.2 Å². The van der Waals surface area contributed by atoms with E-state index in [0.717, 1.165) is 29.7 Å². The lowest BCUT2D eigenvalue weighted by molar-refractivity contribution is 0.322. The summed E-state index contributed by atoms with van der Waals surface area (Å²) >= 11 is 3.53. The maximum atomic E-state index is 5.45. The van der Waals surface area contributed by atoms with E-state index in [1.165, 1.54) is 5.56 Å². The van der Waals surface area contributed by atoms with Crippen LogP contribution in [0.3, 0.4) is 0 Å². The summed E-state index contributed by atoms with van der Waals surface area (Å²) in [7, 11) is 1.73. The molecule has 0 amide bonds. The molecule has 2 nitrogen and oxygen atoms in total. The van der Waals surface area contributed by atoms with Gasteiger partial charge in [-0.3, -0.25) is 0 Å². The molecule has 0 saturated carbocycles. The monoisotopic (exact) mass is 327 g/mol. The van der Waals surface area contributed by atoms with Gasteiger partial charge in [0.05, 0.1) is 7.11 Å². The van der Waals surface area contributed by atoms with E-state index < -0.39 is 0 Å². The third-order valence-electron chi connectivity index (χ3n) is 3.07. The van der Waals surface area contributed by atoms with Crippen LogP contribution in [0, 0.1) is 11.3 Å². The molecule has 1 N–H and O–H groups in total. The van der Waals surface area contributed by atoms with Crippen LogP contribution in [-0.2, 0) is 6.42 Å². The van der Waals surface area contributed by atoms with Gasteiger partial charge in [0.15, 0.2) is 0 Å². The molecular formula is C16H26BrNO. The number of rotatable bonds is 7. The van der Waals surface area contributed by atoms with Gasteiger partial charge in [0, 0.05) is 11.0 Å². The molecule has 0 aromatic heterocycles. The fraction of sp³-hybridized carbons (Fsp3) is 0.625. The molecule has 108 valence electrons. The minimum atomic E-state index is 0.211. The fourth-order valence-electron chi connectivity index (χ4n) is 2.16. The molecular weight excluding hydrogens is 302 g/mol. The molecule has 1 rings (SSSR count). The lowest BCUT2D eigenvalue weighted by atomic mass is 9.85. The van der Waals surface area contributed by atoms with Gasteiger partial charge < -0.3 is 10.1 Å². The van der Waals surface area contributed by atoms with Crippen molar-refractivity contribution in [1.82, 2.24) is 5.32 Å². The second kappa shape index (κ2) is 7.30. The van der Waals surface area contributed by atoms with Crippen LogP contribution in [0.5, 0.6) is 5.75 Å². The van der Waals surface area contributed by atoms with Gasteiger partial charge in [0.1, 0.15) is 5.75 Å². The van der Waals surface area contributed by atoms with Gasteiger partial charge in [-0.15, -0.1) is 0 Å². The quantitative estimate of drug-likeness (QED) is 0.807. The second-order valence-corrected chi connectivity index (χ2v) is 7.24. The molecule has 0 aliphatic heterocycles. The molecule has 1 aromatic rings. The number of methoxy groups -OCH3 is 1. The number of hydrogen-bond donors (Lipinski definition) is 1. The van der Waals surface area contributed by atoms with E-state index in [9.17, 15) is 0 Å². The Kier molecular flexibility index (Phi) is 6.34. The summed E-state index contributed by atoms with van der Waals surface area (Å²) < 4.78 is 6.55. The first-order chi connectivity index (χ1) is 8.84. The highest BCUT2D eigenvalue weighted by Gasteiger charge is 2.20. The fourth-order valence-corrected chi connectivity index (χ4v) is 2.57. The van der Waals surface area contributed by atoms with Gasteiger partial charge in [-0.1, -0.05) is 43.6 Å². The van der Waals surface area contributed by atoms with Crippen molar-refractivity contribution in [1.29, 1.82) is 0 Å². The standard InChI is InChI=1S/C16H26BrNO/c1-12(2)10-18-11-16(3,4)9-13-8-14(17)6-7-15(13)19-5/h6-8,12,18H,9-11H2,1-5H3. The minimum Gasteiger partial charge on any atom is -0.496 e. The largest absolute Gasteiger partial charge is 0.496 e. The Labute approximate surface area is 126 Å². The third kappa shape index (κ3) is 5.96. The number of nitrogens with one attached hydrogen (secondary N) is 1. The molecule has 0 unspecified atom stereocenters. The predicted octanol–water partition coefficient (Wildman–Crippen LogP) is 4.27. The highest BCUT2D eigenvalue weighted by Crippen LogP contribution is 2.29. The summed E-state index contributed by atoms with van der Waals surface area (Å²) in [5, 5.41) is 3.54. The SMILES string of the molecule is COc1ccc(Br)cc1CC(C)(C)CNCC(C)C. The molecule has 0 atom stereocenters. The van der Waals surface area contributed by atoms with Crippen LogP contribution in [0.2, 0.25) is 0 Å².